The number of ether oxygens (including phenoxy) is 1. The highest BCUT2D eigenvalue weighted by atomic mass is 32.2. The zero-order valence-corrected chi connectivity index (χ0v) is 23.9. The fourth-order valence-electron chi connectivity index (χ4n) is 6.51. The third-order valence-electron chi connectivity index (χ3n) is 8.24. The van der Waals surface area contributed by atoms with Crippen LogP contribution in [0.25, 0.3) is 0 Å². The summed E-state index contributed by atoms with van der Waals surface area (Å²) in [5.74, 6) is -1.41. The molecule has 2 amide bonds. The van der Waals surface area contributed by atoms with E-state index in [1.807, 2.05) is 31.7 Å². The summed E-state index contributed by atoms with van der Waals surface area (Å²) < 4.78 is 5.06. The summed E-state index contributed by atoms with van der Waals surface area (Å²) in [5, 5.41) is 9.21. The molecule has 3 rings (SSSR count). The van der Waals surface area contributed by atoms with E-state index in [2.05, 4.69) is 20.1 Å². The molecule has 0 aromatic heterocycles. The summed E-state index contributed by atoms with van der Waals surface area (Å²) in [5.41, 5.74) is -0.445. The summed E-state index contributed by atoms with van der Waals surface area (Å²) in [6.45, 7) is 17.0. The lowest BCUT2D eigenvalue weighted by Gasteiger charge is -2.44. The van der Waals surface area contributed by atoms with Crippen LogP contribution in [-0.4, -0.2) is 80.6 Å². The summed E-state index contributed by atoms with van der Waals surface area (Å²) in [4.78, 5) is 45.4. The van der Waals surface area contributed by atoms with E-state index in [0.29, 0.717) is 32.5 Å². The second-order valence-corrected chi connectivity index (χ2v) is 13.3. The van der Waals surface area contributed by atoms with E-state index in [1.165, 1.54) is 0 Å². The molecule has 0 aromatic rings. The normalized spacial score (nSPS) is 30.4. The number of hydrogen-bond donors (Lipinski definition) is 1. The molecule has 3 fully saturated rings. The fraction of sp³-hybridized carbons (Fsp3) is 0.759. The SMILES string of the molecule is C=CCCCCOC(=O)[C@@H]1[C@@H]2CC(C)C3(S2)C(C(=O)N(CC=C)C(C)(C)C)N(CCCCCO)C(=O)[C@H]13. The number of amides is 2. The zero-order chi connectivity index (χ0) is 27.4. The average molecular weight is 535 g/mol. The van der Waals surface area contributed by atoms with Crippen molar-refractivity contribution in [1.29, 1.82) is 0 Å². The van der Waals surface area contributed by atoms with Crippen LogP contribution < -0.4 is 0 Å². The van der Waals surface area contributed by atoms with Gasteiger partial charge >= 0.3 is 5.97 Å². The van der Waals surface area contributed by atoms with Crippen molar-refractivity contribution in [2.75, 3.05) is 26.3 Å². The number of unbranched alkanes of at least 4 members (excludes halogenated alkanes) is 4. The molecule has 3 aliphatic heterocycles. The fourth-order valence-corrected chi connectivity index (χ4v) is 8.91. The topological polar surface area (TPSA) is 87.2 Å². The van der Waals surface area contributed by atoms with Gasteiger partial charge in [0.1, 0.15) is 6.04 Å². The number of carbonyl (C=O) groups excluding carboxylic acids is 3. The van der Waals surface area contributed by atoms with Gasteiger partial charge in [0.2, 0.25) is 11.8 Å². The Hall–Kier alpha value is -1.80. The number of allylic oxidation sites excluding steroid dienone is 1. The average Bonchev–Trinajstić information content (AvgIpc) is 3.42. The van der Waals surface area contributed by atoms with Crippen molar-refractivity contribution in [3.8, 4) is 0 Å². The Morgan fingerprint density at radius 3 is 2.54 bits per heavy atom. The number of aliphatic hydroxyl groups excluding tert-OH is 1. The highest BCUT2D eigenvalue weighted by Crippen LogP contribution is 2.68. The van der Waals surface area contributed by atoms with E-state index in [0.717, 1.165) is 32.1 Å². The van der Waals surface area contributed by atoms with Gasteiger partial charge in [0, 0.05) is 30.5 Å². The van der Waals surface area contributed by atoms with Gasteiger partial charge < -0.3 is 19.6 Å². The minimum atomic E-state index is -0.646. The molecule has 1 N–H and O–H groups in total. The Kier molecular flexibility index (Phi) is 9.95. The van der Waals surface area contributed by atoms with E-state index in [9.17, 15) is 19.5 Å². The van der Waals surface area contributed by atoms with E-state index >= 15 is 0 Å². The number of nitrogens with zero attached hydrogens (tertiary/aromatic N) is 2. The van der Waals surface area contributed by atoms with Crippen LogP contribution in [0.1, 0.15) is 72.6 Å². The lowest BCUT2D eigenvalue weighted by molar-refractivity contribution is -0.154. The van der Waals surface area contributed by atoms with Crippen LogP contribution in [0, 0.1) is 17.8 Å². The Balaban J connectivity index is 1.94. The van der Waals surface area contributed by atoms with Crippen LogP contribution in [0.15, 0.2) is 25.3 Å². The molecule has 0 radical (unpaired) electrons. The first-order valence-corrected chi connectivity index (χ1v) is 14.7. The first-order chi connectivity index (χ1) is 17.6. The van der Waals surface area contributed by atoms with Crippen LogP contribution in [0.3, 0.4) is 0 Å². The third kappa shape index (κ3) is 5.65. The molecule has 6 atom stereocenters. The van der Waals surface area contributed by atoms with Crippen molar-refractivity contribution in [3.05, 3.63) is 25.3 Å². The minimum Gasteiger partial charge on any atom is -0.465 e. The Bertz CT molecular complexity index is 871. The first-order valence-electron chi connectivity index (χ1n) is 13.8. The summed E-state index contributed by atoms with van der Waals surface area (Å²) in [6.07, 6.45) is 9.08. The van der Waals surface area contributed by atoms with Crippen LogP contribution in [0.4, 0.5) is 0 Å². The first kappa shape index (κ1) is 29.8. The molecular formula is C29H46N2O5S. The lowest BCUT2D eigenvalue weighted by atomic mass is 9.66. The molecule has 7 nitrogen and oxygen atoms in total. The molecule has 3 saturated heterocycles. The summed E-state index contributed by atoms with van der Waals surface area (Å²) in [7, 11) is 0. The zero-order valence-electron chi connectivity index (χ0n) is 23.1. The van der Waals surface area contributed by atoms with Crippen molar-refractivity contribution in [1.82, 2.24) is 9.80 Å². The van der Waals surface area contributed by atoms with E-state index in [1.54, 1.807) is 22.7 Å². The minimum absolute atomic E-state index is 0.0149. The van der Waals surface area contributed by atoms with Crippen molar-refractivity contribution < 1.29 is 24.2 Å². The van der Waals surface area contributed by atoms with Crippen molar-refractivity contribution in [2.45, 2.75) is 94.2 Å². The molecule has 3 unspecified atom stereocenters. The van der Waals surface area contributed by atoms with Crippen LogP contribution in [0.5, 0.6) is 0 Å². The Morgan fingerprint density at radius 2 is 1.92 bits per heavy atom. The van der Waals surface area contributed by atoms with Gasteiger partial charge in [-0.1, -0.05) is 19.1 Å². The number of esters is 1. The van der Waals surface area contributed by atoms with Gasteiger partial charge in [0.15, 0.2) is 0 Å². The maximum Gasteiger partial charge on any atom is 0.310 e. The highest BCUT2D eigenvalue weighted by Gasteiger charge is 2.76. The number of rotatable bonds is 14. The maximum atomic E-state index is 14.4. The second kappa shape index (κ2) is 12.4. The molecular weight excluding hydrogens is 488 g/mol. The number of fused-ring (bicyclic) bond motifs is 1. The van der Waals surface area contributed by atoms with Gasteiger partial charge in [0.05, 0.1) is 23.2 Å². The molecule has 3 aliphatic rings. The third-order valence-corrected chi connectivity index (χ3v) is 10.3. The summed E-state index contributed by atoms with van der Waals surface area (Å²) in [6, 6.07) is -0.631. The van der Waals surface area contributed by atoms with Crippen molar-refractivity contribution in [2.24, 2.45) is 17.8 Å². The predicted molar refractivity (Wildman–Crippen MR) is 148 cm³/mol. The predicted octanol–water partition coefficient (Wildman–Crippen LogP) is 4.20. The largest absolute Gasteiger partial charge is 0.465 e. The monoisotopic (exact) mass is 534 g/mol. The summed E-state index contributed by atoms with van der Waals surface area (Å²) >= 11 is 1.69. The van der Waals surface area contributed by atoms with Gasteiger partial charge in [-0.05, 0) is 71.6 Å². The van der Waals surface area contributed by atoms with Crippen LogP contribution in [0.2, 0.25) is 0 Å². The lowest BCUT2D eigenvalue weighted by Crippen LogP contribution is -2.60. The van der Waals surface area contributed by atoms with Crippen LogP contribution in [-0.2, 0) is 19.1 Å². The molecule has 208 valence electrons. The second-order valence-electron chi connectivity index (χ2n) is 11.7. The Labute approximate surface area is 227 Å². The molecule has 0 aromatic carbocycles. The molecule has 1 spiro atoms. The van der Waals surface area contributed by atoms with Gasteiger partial charge in [-0.3, -0.25) is 14.4 Å². The molecule has 3 heterocycles. The van der Waals surface area contributed by atoms with Gasteiger partial charge in [0.25, 0.3) is 0 Å². The Morgan fingerprint density at radius 1 is 1.19 bits per heavy atom. The van der Waals surface area contributed by atoms with Gasteiger partial charge in [-0.2, -0.15) is 0 Å². The van der Waals surface area contributed by atoms with Gasteiger partial charge in [-0.15, -0.1) is 24.9 Å². The number of carbonyl (C=O) groups is 3. The van der Waals surface area contributed by atoms with E-state index in [-0.39, 0.29) is 35.6 Å². The molecule has 37 heavy (non-hydrogen) atoms. The van der Waals surface area contributed by atoms with Crippen molar-refractivity contribution in [3.63, 3.8) is 0 Å². The van der Waals surface area contributed by atoms with E-state index in [4.69, 9.17) is 4.74 Å². The van der Waals surface area contributed by atoms with E-state index < -0.39 is 28.2 Å². The number of aliphatic hydroxyl groups is 1. The number of hydrogen-bond acceptors (Lipinski definition) is 6. The molecule has 0 saturated carbocycles. The standard InChI is InChI=1S/C29H46N2O5S/c1-7-9-10-14-18-36-27(35)22-21-19-20(3)29(37-21)23(22)25(33)30(16-12-11-13-17-32)24(29)26(34)31(15-8-2)28(4,5)6/h7-8,20-24,32H,1-2,9-19H2,3-6H3/t20?,21-,22+,23-,24?,29?/m0/s1. The molecule has 0 aliphatic carbocycles. The smallest absolute Gasteiger partial charge is 0.310 e. The quantitative estimate of drug-likeness (QED) is 0.204. The van der Waals surface area contributed by atoms with Crippen LogP contribution >= 0.6 is 11.8 Å². The number of thioether (sulfide) groups is 1. The maximum absolute atomic E-state index is 14.4. The number of likely N-dealkylation sites (tertiary alicyclic amines) is 1. The van der Waals surface area contributed by atoms with Crippen molar-refractivity contribution >= 4 is 29.5 Å². The van der Waals surface area contributed by atoms with Gasteiger partial charge in [-0.25, -0.2) is 0 Å². The highest BCUT2D eigenvalue weighted by molar-refractivity contribution is 8.02. The molecule has 8 heteroatoms. The molecule has 2 bridgehead atoms.